The van der Waals surface area contributed by atoms with Crippen LogP contribution in [0.2, 0.25) is 5.02 Å². The zero-order chi connectivity index (χ0) is 15.4. The molecule has 1 aromatic carbocycles. The predicted molar refractivity (Wildman–Crippen MR) is 82.9 cm³/mol. The number of amides is 1. The van der Waals surface area contributed by atoms with Crippen LogP contribution in [0.15, 0.2) is 24.4 Å². The smallest absolute Gasteiger partial charge is 0.224 e. The molecule has 1 aromatic heterocycles. The number of hydrogen-bond acceptors (Lipinski definition) is 3. The number of rotatable bonds is 5. The molecule has 0 saturated carbocycles. The zero-order valence-corrected chi connectivity index (χ0v) is 13.1. The minimum Gasteiger partial charge on any atom is -0.495 e. The molecule has 2 rings (SSSR count). The summed E-state index contributed by atoms with van der Waals surface area (Å²) in [6.45, 7) is 1.99. The van der Waals surface area contributed by atoms with E-state index in [1.54, 1.807) is 36.2 Å². The quantitative estimate of drug-likeness (QED) is 0.924. The fourth-order valence-corrected chi connectivity index (χ4v) is 2.26. The number of carbonyl (C=O) groups excluding carboxylic acids is 1. The number of nitrogens with zero attached hydrogens (tertiary/aromatic N) is 2. The van der Waals surface area contributed by atoms with Gasteiger partial charge >= 0.3 is 0 Å². The Hall–Kier alpha value is -2.01. The maximum Gasteiger partial charge on any atom is 0.224 e. The molecule has 0 bridgehead atoms. The first kappa shape index (κ1) is 15.4. The second-order valence-electron chi connectivity index (χ2n) is 4.78. The minimum atomic E-state index is -0.0560. The highest BCUT2D eigenvalue weighted by Gasteiger charge is 2.09. The van der Waals surface area contributed by atoms with Gasteiger partial charge in [-0.25, -0.2) is 0 Å². The van der Waals surface area contributed by atoms with Gasteiger partial charge in [0.25, 0.3) is 0 Å². The lowest BCUT2D eigenvalue weighted by Gasteiger charge is -2.08. The highest BCUT2D eigenvalue weighted by Crippen LogP contribution is 2.27. The normalized spacial score (nSPS) is 10.5. The third kappa shape index (κ3) is 3.76. The Kier molecular flexibility index (Phi) is 4.85. The van der Waals surface area contributed by atoms with Gasteiger partial charge in [0.2, 0.25) is 5.91 Å². The summed E-state index contributed by atoms with van der Waals surface area (Å²) in [7, 11) is 3.44. The molecule has 1 amide bonds. The molecule has 0 fully saturated rings. The van der Waals surface area contributed by atoms with Crippen LogP contribution in [-0.2, 0) is 18.3 Å². The van der Waals surface area contributed by atoms with Crippen LogP contribution in [0.5, 0.6) is 5.75 Å². The van der Waals surface area contributed by atoms with Crippen molar-refractivity contribution >= 4 is 23.2 Å². The van der Waals surface area contributed by atoms with Crippen LogP contribution < -0.4 is 10.1 Å². The Morgan fingerprint density at radius 3 is 2.81 bits per heavy atom. The van der Waals surface area contributed by atoms with Crippen molar-refractivity contribution in [3.05, 3.63) is 40.7 Å². The van der Waals surface area contributed by atoms with E-state index in [0.29, 0.717) is 29.3 Å². The van der Waals surface area contributed by atoms with Gasteiger partial charge in [0, 0.05) is 24.8 Å². The van der Waals surface area contributed by atoms with Crippen molar-refractivity contribution in [2.24, 2.45) is 7.05 Å². The average molecular weight is 308 g/mol. The van der Waals surface area contributed by atoms with Crippen molar-refractivity contribution < 1.29 is 9.53 Å². The number of ether oxygens (including phenoxy) is 1. The summed E-state index contributed by atoms with van der Waals surface area (Å²) in [5.41, 5.74) is 2.82. The zero-order valence-electron chi connectivity index (χ0n) is 12.3. The molecule has 0 aliphatic heterocycles. The molecule has 0 radical (unpaired) electrons. The van der Waals surface area contributed by atoms with Crippen LogP contribution in [0.25, 0.3) is 0 Å². The molecule has 6 heteroatoms. The summed E-state index contributed by atoms with van der Waals surface area (Å²) >= 11 is 6.02. The predicted octanol–water partition coefficient (Wildman–Crippen LogP) is 2.96. The highest BCUT2D eigenvalue weighted by molar-refractivity contribution is 6.32. The highest BCUT2D eigenvalue weighted by atomic mass is 35.5. The molecule has 0 aliphatic rings. The number of aromatic nitrogens is 2. The van der Waals surface area contributed by atoms with Gasteiger partial charge in [-0.3, -0.25) is 9.48 Å². The number of anilines is 1. The van der Waals surface area contributed by atoms with Gasteiger partial charge in [0.15, 0.2) is 0 Å². The van der Waals surface area contributed by atoms with E-state index in [4.69, 9.17) is 16.3 Å². The Bertz CT molecular complexity index is 652. The van der Waals surface area contributed by atoms with Gasteiger partial charge in [-0.05, 0) is 37.1 Å². The average Bonchev–Trinajstić information content (AvgIpc) is 2.77. The number of methoxy groups -OCH3 is 1. The maximum atomic E-state index is 12.0. The third-order valence-corrected chi connectivity index (χ3v) is 3.69. The summed E-state index contributed by atoms with van der Waals surface area (Å²) in [6.07, 6.45) is 2.86. The van der Waals surface area contributed by atoms with Crippen LogP contribution in [0.1, 0.15) is 17.7 Å². The topological polar surface area (TPSA) is 56.1 Å². The van der Waals surface area contributed by atoms with Crippen LogP contribution in [0.3, 0.4) is 0 Å². The second kappa shape index (κ2) is 6.63. The summed E-state index contributed by atoms with van der Waals surface area (Å²) in [5.74, 6) is 0.528. The van der Waals surface area contributed by atoms with Gasteiger partial charge in [-0.15, -0.1) is 0 Å². The van der Waals surface area contributed by atoms with E-state index in [-0.39, 0.29) is 5.91 Å². The Balaban J connectivity index is 1.93. The van der Waals surface area contributed by atoms with Crippen LogP contribution >= 0.6 is 11.6 Å². The molecule has 5 nitrogen and oxygen atoms in total. The molecule has 21 heavy (non-hydrogen) atoms. The molecular formula is C15H18ClN3O2. The lowest BCUT2D eigenvalue weighted by atomic mass is 10.1. The van der Waals surface area contributed by atoms with E-state index in [1.165, 1.54) is 0 Å². The summed E-state index contributed by atoms with van der Waals surface area (Å²) in [4.78, 5) is 12.0. The van der Waals surface area contributed by atoms with Crippen molar-refractivity contribution in [1.29, 1.82) is 0 Å². The molecule has 2 aromatic rings. The lowest BCUT2D eigenvalue weighted by Crippen LogP contribution is -2.12. The summed E-state index contributed by atoms with van der Waals surface area (Å²) in [5, 5.41) is 7.46. The molecule has 1 N–H and O–H groups in total. The Morgan fingerprint density at radius 2 is 2.24 bits per heavy atom. The number of carbonyl (C=O) groups is 1. The standard InChI is InChI=1S/C15H18ClN3O2/c1-10-11(9-17-19(10)2)4-7-15(20)18-12-5-6-14(21-3)13(16)8-12/h5-6,8-9H,4,7H2,1-3H3,(H,18,20). The Labute approximate surface area is 128 Å². The minimum absolute atomic E-state index is 0.0560. The van der Waals surface area contributed by atoms with Gasteiger partial charge < -0.3 is 10.1 Å². The van der Waals surface area contributed by atoms with Crippen LogP contribution in [0, 0.1) is 6.92 Å². The molecule has 0 spiro atoms. The monoisotopic (exact) mass is 307 g/mol. The van der Waals surface area contributed by atoms with Gasteiger partial charge in [-0.1, -0.05) is 11.6 Å². The lowest BCUT2D eigenvalue weighted by molar-refractivity contribution is -0.116. The molecule has 0 saturated heterocycles. The fraction of sp³-hybridized carbons (Fsp3) is 0.333. The van der Waals surface area contributed by atoms with Crippen LogP contribution in [-0.4, -0.2) is 22.8 Å². The molecule has 0 atom stereocenters. The Morgan fingerprint density at radius 1 is 1.48 bits per heavy atom. The van der Waals surface area contributed by atoms with E-state index in [9.17, 15) is 4.79 Å². The molecule has 1 heterocycles. The maximum absolute atomic E-state index is 12.0. The first-order chi connectivity index (χ1) is 10.0. The van der Waals surface area contributed by atoms with E-state index in [2.05, 4.69) is 10.4 Å². The van der Waals surface area contributed by atoms with Crippen molar-refractivity contribution in [1.82, 2.24) is 9.78 Å². The molecule has 0 aliphatic carbocycles. The number of halogens is 1. The largest absolute Gasteiger partial charge is 0.495 e. The van der Waals surface area contributed by atoms with Gasteiger partial charge in [0.05, 0.1) is 18.3 Å². The van der Waals surface area contributed by atoms with Crippen LogP contribution in [0.4, 0.5) is 5.69 Å². The van der Waals surface area contributed by atoms with E-state index < -0.39 is 0 Å². The van der Waals surface area contributed by atoms with E-state index in [0.717, 1.165) is 11.3 Å². The molecule has 112 valence electrons. The van der Waals surface area contributed by atoms with Crippen molar-refractivity contribution in [2.75, 3.05) is 12.4 Å². The summed E-state index contributed by atoms with van der Waals surface area (Å²) < 4.78 is 6.87. The first-order valence-corrected chi connectivity index (χ1v) is 7.00. The fourth-order valence-electron chi connectivity index (χ4n) is 2.01. The number of hydrogen-bond donors (Lipinski definition) is 1. The number of nitrogens with one attached hydrogen (secondary N) is 1. The van der Waals surface area contributed by atoms with E-state index >= 15 is 0 Å². The van der Waals surface area contributed by atoms with Gasteiger partial charge in [0.1, 0.15) is 5.75 Å². The second-order valence-corrected chi connectivity index (χ2v) is 5.18. The van der Waals surface area contributed by atoms with Gasteiger partial charge in [-0.2, -0.15) is 5.10 Å². The van der Waals surface area contributed by atoms with Crippen molar-refractivity contribution in [2.45, 2.75) is 19.8 Å². The number of aryl methyl sites for hydroxylation is 2. The first-order valence-electron chi connectivity index (χ1n) is 6.62. The van der Waals surface area contributed by atoms with E-state index in [1.807, 2.05) is 14.0 Å². The third-order valence-electron chi connectivity index (χ3n) is 3.39. The van der Waals surface area contributed by atoms with Crippen molar-refractivity contribution in [3.63, 3.8) is 0 Å². The molecule has 0 unspecified atom stereocenters. The molecular weight excluding hydrogens is 290 g/mol. The SMILES string of the molecule is COc1ccc(NC(=O)CCc2cnn(C)c2C)cc1Cl. The summed E-state index contributed by atoms with van der Waals surface area (Å²) in [6, 6.07) is 5.16. The number of benzene rings is 1. The van der Waals surface area contributed by atoms with Crippen molar-refractivity contribution in [3.8, 4) is 5.75 Å².